The van der Waals surface area contributed by atoms with Crippen molar-refractivity contribution in [1.82, 2.24) is 9.97 Å². The molecule has 2 heteroatoms. The number of hydrogen-bond acceptors (Lipinski definition) is 2. The molecular formula is C48H42N2. The van der Waals surface area contributed by atoms with Gasteiger partial charge >= 0.3 is 0 Å². The van der Waals surface area contributed by atoms with Crippen LogP contribution in [0.25, 0.3) is 28.1 Å². The van der Waals surface area contributed by atoms with Crippen molar-refractivity contribution < 1.29 is 0 Å². The molecule has 2 aromatic carbocycles. The molecule has 2 nitrogen and oxygen atoms in total. The molecule has 9 rings (SSSR count). The van der Waals surface area contributed by atoms with Crippen molar-refractivity contribution in [3.05, 3.63) is 197 Å². The fourth-order valence-corrected chi connectivity index (χ4v) is 8.97. The van der Waals surface area contributed by atoms with Gasteiger partial charge in [0.25, 0.3) is 0 Å². The zero-order chi connectivity index (χ0) is 33.6. The number of hydrogen-bond donors (Lipinski definition) is 0. The summed E-state index contributed by atoms with van der Waals surface area (Å²) in [6.07, 6.45) is 28.9. The van der Waals surface area contributed by atoms with Crippen LogP contribution in [-0.4, -0.2) is 9.97 Å². The largest absolute Gasteiger partial charge is 0.256 e. The van der Waals surface area contributed by atoms with Crippen molar-refractivity contribution in [2.45, 2.75) is 39.0 Å². The Balaban J connectivity index is 1.20. The maximum atomic E-state index is 4.63. The summed E-state index contributed by atoms with van der Waals surface area (Å²) in [7, 11) is 0. The molecule has 5 unspecified atom stereocenters. The summed E-state index contributed by atoms with van der Waals surface area (Å²) in [5, 5.41) is 0. The third-order valence-electron chi connectivity index (χ3n) is 11.3. The monoisotopic (exact) mass is 646 g/mol. The van der Waals surface area contributed by atoms with Gasteiger partial charge in [-0.05, 0) is 99.9 Å². The summed E-state index contributed by atoms with van der Waals surface area (Å²) in [6, 6.07) is 30.7. The molecule has 244 valence electrons. The molecule has 0 bridgehead atoms. The molecule has 0 fully saturated rings. The van der Waals surface area contributed by atoms with Gasteiger partial charge in [0, 0.05) is 41.3 Å². The molecule has 0 saturated heterocycles. The molecule has 5 aliphatic carbocycles. The van der Waals surface area contributed by atoms with Gasteiger partial charge in [0.2, 0.25) is 0 Å². The lowest BCUT2D eigenvalue weighted by molar-refractivity contribution is 0.551. The first-order chi connectivity index (χ1) is 24.6. The van der Waals surface area contributed by atoms with Crippen LogP contribution >= 0.6 is 0 Å². The smallest absolute Gasteiger partial charge is 0.0701 e. The standard InChI is InChI=1S/C48H42N2/c1-31-13-14-37-27-32(2)29-43(42(37)28-31)38-23-24-41-44(30-38)48(36-21-17-34(18-22-36)46-12-6-8-26-50-46)40-10-4-3-9-39(40)47(41)35-19-15-33(16-20-35)45-11-5-7-25-49-45/h3-9,11-27,30-32,40-41,47H,10,28-29H2,1-2H3. The van der Waals surface area contributed by atoms with Gasteiger partial charge in [-0.15, -0.1) is 0 Å². The molecule has 0 N–H and O–H groups in total. The van der Waals surface area contributed by atoms with Crippen molar-refractivity contribution in [2.75, 3.05) is 0 Å². The lowest BCUT2D eigenvalue weighted by Gasteiger charge is -2.43. The Morgan fingerprint density at radius 3 is 1.98 bits per heavy atom. The average molecular weight is 647 g/mol. The quantitative estimate of drug-likeness (QED) is 0.216. The Labute approximate surface area is 296 Å². The molecule has 0 spiro atoms. The summed E-state index contributed by atoms with van der Waals surface area (Å²) in [5.74, 6) is 1.90. The van der Waals surface area contributed by atoms with Gasteiger partial charge < -0.3 is 0 Å². The summed E-state index contributed by atoms with van der Waals surface area (Å²) >= 11 is 0. The molecule has 50 heavy (non-hydrogen) atoms. The minimum Gasteiger partial charge on any atom is -0.256 e. The fraction of sp³-hybridized carbons (Fsp3) is 0.208. The highest BCUT2D eigenvalue weighted by Gasteiger charge is 2.41. The van der Waals surface area contributed by atoms with Gasteiger partial charge in [-0.3, -0.25) is 9.97 Å². The van der Waals surface area contributed by atoms with E-state index in [0.717, 1.165) is 41.8 Å². The number of rotatable bonds is 5. The lowest BCUT2D eigenvalue weighted by Crippen LogP contribution is -2.29. The average Bonchev–Trinajstić information content (AvgIpc) is 3.17. The van der Waals surface area contributed by atoms with Crippen LogP contribution in [0.5, 0.6) is 0 Å². The zero-order valence-electron chi connectivity index (χ0n) is 28.8. The molecule has 5 aliphatic rings. The van der Waals surface area contributed by atoms with Crippen LogP contribution in [0.15, 0.2) is 185 Å². The first-order valence-corrected chi connectivity index (χ1v) is 18.3. The molecule has 0 radical (unpaired) electrons. The summed E-state index contributed by atoms with van der Waals surface area (Å²) in [5.41, 5.74) is 17.4. The topological polar surface area (TPSA) is 25.8 Å². The van der Waals surface area contributed by atoms with Crippen molar-refractivity contribution in [2.24, 2.45) is 23.7 Å². The van der Waals surface area contributed by atoms with Crippen LogP contribution in [0.2, 0.25) is 0 Å². The van der Waals surface area contributed by atoms with Crippen molar-refractivity contribution in [3.63, 3.8) is 0 Å². The van der Waals surface area contributed by atoms with E-state index in [1.165, 1.54) is 39.0 Å². The van der Waals surface area contributed by atoms with E-state index >= 15 is 0 Å². The van der Waals surface area contributed by atoms with E-state index in [4.69, 9.17) is 0 Å². The summed E-state index contributed by atoms with van der Waals surface area (Å²) in [4.78, 5) is 9.25. The highest BCUT2D eigenvalue weighted by atomic mass is 14.7. The van der Waals surface area contributed by atoms with Gasteiger partial charge in [0.1, 0.15) is 0 Å². The van der Waals surface area contributed by atoms with E-state index in [1.807, 2.05) is 24.5 Å². The Hall–Kier alpha value is -5.34. The minimum atomic E-state index is 0.241. The number of pyridine rings is 2. The maximum absolute atomic E-state index is 4.63. The van der Waals surface area contributed by atoms with E-state index in [1.54, 1.807) is 11.1 Å². The van der Waals surface area contributed by atoms with E-state index < -0.39 is 0 Å². The van der Waals surface area contributed by atoms with Crippen LogP contribution in [0.3, 0.4) is 0 Å². The second-order valence-corrected chi connectivity index (χ2v) is 14.6. The fourth-order valence-electron chi connectivity index (χ4n) is 8.97. The van der Waals surface area contributed by atoms with E-state index in [2.05, 4.69) is 151 Å². The van der Waals surface area contributed by atoms with E-state index in [-0.39, 0.29) is 11.8 Å². The molecule has 2 aromatic heterocycles. The highest BCUT2D eigenvalue weighted by Crippen LogP contribution is 2.56. The predicted molar refractivity (Wildman–Crippen MR) is 207 cm³/mol. The Morgan fingerprint density at radius 2 is 1.28 bits per heavy atom. The first-order valence-electron chi connectivity index (χ1n) is 18.3. The third-order valence-corrected chi connectivity index (χ3v) is 11.3. The summed E-state index contributed by atoms with van der Waals surface area (Å²) < 4.78 is 0. The van der Waals surface area contributed by atoms with E-state index in [0.29, 0.717) is 17.8 Å². The second kappa shape index (κ2) is 12.8. The van der Waals surface area contributed by atoms with Crippen LogP contribution in [0, 0.1) is 23.7 Å². The predicted octanol–water partition coefficient (Wildman–Crippen LogP) is 11.8. The molecular weight excluding hydrogens is 605 g/mol. The number of nitrogens with zero attached hydrogens (tertiary/aromatic N) is 2. The molecule has 4 aromatic rings. The summed E-state index contributed by atoms with van der Waals surface area (Å²) in [6.45, 7) is 4.72. The molecule has 0 saturated carbocycles. The minimum absolute atomic E-state index is 0.241. The van der Waals surface area contributed by atoms with Crippen molar-refractivity contribution in [3.8, 4) is 22.5 Å². The second-order valence-electron chi connectivity index (χ2n) is 14.6. The highest BCUT2D eigenvalue weighted by molar-refractivity contribution is 5.82. The zero-order valence-corrected chi connectivity index (χ0v) is 28.8. The normalized spacial score (nSPS) is 25.3. The molecule has 0 amide bonds. The van der Waals surface area contributed by atoms with Crippen molar-refractivity contribution >= 4 is 5.57 Å². The van der Waals surface area contributed by atoms with Gasteiger partial charge in [0.15, 0.2) is 0 Å². The Bertz CT molecular complexity index is 2190. The first kappa shape index (κ1) is 30.7. The Morgan fingerprint density at radius 1 is 0.640 bits per heavy atom. The van der Waals surface area contributed by atoms with Crippen LogP contribution in [-0.2, 0) is 0 Å². The SMILES string of the molecule is CC1C=CC2=CC(C)CC(C3=CC4=C(c5ccc(-c6ccccn6)cc5)C5CC=CC=C5C(c5ccc(-c6ccccn6)cc5)C4C=C3)=C2C1. The van der Waals surface area contributed by atoms with Gasteiger partial charge in [-0.2, -0.15) is 0 Å². The van der Waals surface area contributed by atoms with Gasteiger partial charge in [0.05, 0.1) is 11.4 Å². The number of benzene rings is 2. The third kappa shape index (κ3) is 5.53. The maximum Gasteiger partial charge on any atom is 0.0701 e. The molecule has 5 atom stereocenters. The molecule has 2 heterocycles. The van der Waals surface area contributed by atoms with Crippen LogP contribution in [0.4, 0.5) is 0 Å². The molecule has 0 aliphatic heterocycles. The number of aromatic nitrogens is 2. The Kier molecular flexibility index (Phi) is 7.88. The van der Waals surface area contributed by atoms with Crippen LogP contribution < -0.4 is 0 Å². The van der Waals surface area contributed by atoms with E-state index in [9.17, 15) is 0 Å². The van der Waals surface area contributed by atoms with Gasteiger partial charge in [-0.25, -0.2) is 0 Å². The van der Waals surface area contributed by atoms with Gasteiger partial charge in [-0.1, -0.05) is 135 Å². The van der Waals surface area contributed by atoms with Crippen molar-refractivity contribution in [1.29, 1.82) is 0 Å². The number of fused-ring (bicyclic) bond motifs is 3. The number of allylic oxidation sites excluding steroid dienone is 16. The van der Waals surface area contributed by atoms with Crippen LogP contribution in [0.1, 0.15) is 50.2 Å². The lowest BCUT2D eigenvalue weighted by atomic mass is 9.60.